The van der Waals surface area contributed by atoms with E-state index in [-0.39, 0.29) is 11.4 Å². The number of hydrogen-bond donors (Lipinski definition) is 3. The summed E-state index contributed by atoms with van der Waals surface area (Å²) >= 11 is 0. The zero-order valence-corrected chi connectivity index (χ0v) is 13.1. The molecule has 124 valence electrons. The van der Waals surface area contributed by atoms with Crippen LogP contribution in [0.15, 0.2) is 52.8 Å². The number of anilines is 2. The first-order valence-electron chi connectivity index (χ1n) is 7.76. The molecular weight excluding hydrogens is 306 g/mol. The van der Waals surface area contributed by atoms with Gasteiger partial charge in [-0.1, -0.05) is 40.6 Å². The molecule has 7 nitrogen and oxygen atoms in total. The quantitative estimate of drug-likeness (QED) is 0.454. The Labute approximate surface area is 139 Å². The number of oxime groups is 2. The lowest BCUT2D eigenvalue weighted by Gasteiger charge is -2.18. The summed E-state index contributed by atoms with van der Waals surface area (Å²) < 4.78 is 0. The predicted octanol–water partition coefficient (Wildman–Crippen LogP) is 2.32. The molecule has 1 aromatic carbocycles. The molecule has 1 saturated heterocycles. The lowest BCUT2D eigenvalue weighted by Crippen LogP contribution is -2.24. The lowest BCUT2D eigenvalue weighted by molar-refractivity contribution is 0.314. The zero-order valence-electron chi connectivity index (χ0n) is 13.1. The van der Waals surface area contributed by atoms with Gasteiger partial charge in [-0.2, -0.15) is 0 Å². The molecule has 0 unspecified atom stereocenters. The van der Waals surface area contributed by atoms with E-state index in [0.29, 0.717) is 16.9 Å². The van der Waals surface area contributed by atoms with Gasteiger partial charge in [0, 0.05) is 18.7 Å². The molecule has 0 spiro atoms. The van der Waals surface area contributed by atoms with Crippen LogP contribution in [0.25, 0.3) is 0 Å². The Kier molecular flexibility index (Phi) is 4.60. The van der Waals surface area contributed by atoms with Crippen molar-refractivity contribution in [3.05, 3.63) is 53.7 Å². The zero-order chi connectivity index (χ0) is 16.9. The van der Waals surface area contributed by atoms with Crippen LogP contribution in [0.3, 0.4) is 0 Å². The van der Waals surface area contributed by atoms with Crippen LogP contribution < -0.4 is 10.6 Å². The number of rotatable bonds is 4. The van der Waals surface area contributed by atoms with E-state index < -0.39 is 0 Å². The van der Waals surface area contributed by atoms with Crippen LogP contribution in [0.4, 0.5) is 11.5 Å². The molecule has 0 aliphatic carbocycles. The van der Waals surface area contributed by atoms with E-state index in [0.717, 1.165) is 31.7 Å². The van der Waals surface area contributed by atoms with E-state index in [4.69, 9.17) is 5.73 Å². The van der Waals surface area contributed by atoms with Crippen LogP contribution in [-0.4, -0.2) is 39.9 Å². The summed E-state index contributed by atoms with van der Waals surface area (Å²) in [5, 5.41) is 25.5. The average molecular weight is 325 g/mol. The van der Waals surface area contributed by atoms with Gasteiger partial charge >= 0.3 is 0 Å². The molecule has 4 N–H and O–H groups in total. The summed E-state index contributed by atoms with van der Waals surface area (Å²) in [5.41, 5.74) is 7.40. The van der Waals surface area contributed by atoms with Crippen molar-refractivity contribution in [2.45, 2.75) is 12.8 Å². The molecule has 0 atom stereocenters. The fourth-order valence-electron chi connectivity index (χ4n) is 2.82. The normalized spacial score (nSPS) is 15.8. The van der Waals surface area contributed by atoms with E-state index in [1.165, 1.54) is 0 Å². The smallest absolute Gasteiger partial charge is 0.160 e. The summed E-state index contributed by atoms with van der Waals surface area (Å²) in [6.45, 7) is 1.86. The van der Waals surface area contributed by atoms with Gasteiger partial charge in [0.25, 0.3) is 0 Å². The maximum Gasteiger partial charge on any atom is 0.160 e. The molecule has 0 saturated carbocycles. The maximum absolute atomic E-state index is 9.51. The average Bonchev–Trinajstić information content (AvgIpc) is 3.16. The topological polar surface area (TPSA) is 107 Å². The van der Waals surface area contributed by atoms with Crippen molar-refractivity contribution in [2.24, 2.45) is 10.3 Å². The van der Waals surface area contributed by atoms with Crippen LogP contribution in [0, 0.1) is 0 Å². The van der Waals surface area contributed by atoms with Crippen molar-refractivity contribution in [1.29, 1.82) is 0 Å². The fourth-order valence-corrected chi connectivity index (χ4v) is 2.82. The van der Waals surface area contributed by atoms with E-state index in [1.54, 1.807) is 30.3 Å². The summed E-state index contributed by atoms with van der Waals surface area (Å²) in [5.74, 6) is 0.767. The van der Waals surface area contributed by atoms with Crippen LogP contribution in [0.5, 0.6) is 0 Å². The summed E-state index contributed by atoms with van der Waals surface area (Å²) in [6.07, 6.45) is 2.24. The largest absolute Gasteiger partial charge is 0.410 e. The van der Waals surface area contributed by atoms with Crippen LogP contribution in [0.2, 0.25) is 0 Å². The lowest BCUT2D eigenvalue weighted by atomic mass is 10.0. The van der Waals surface area contributed by atoms with Crippen LogP contribution >= 0.6 is 0 Å². The van der Waals surface area contributed by atoms with Crippen molar-refractivity contribution in [1.82, 2.24) is 4.98 Å². The third kappa shape index (κ3) is 3.01. The highest BCUT2D eigenvalue weighted by Crippen LogP contribution is 2.22. The van der Waals surface area contributed by atoms with Crippen molar-refractivity contribution in [3.8, 4) is 0 Å². The van der Waals surface area contributed by atoms with Gasteiger partial charge in [0.05, 0.1) is 5.69 Å². The maximum atomic E-state index is 9.51. The third-order valence-electron chi connectivity index (χ3n) is 4.04. The van der Waals surface area contributed by atoms with Gasteiger partial charge in [0.1, 0.15) is 17.2 Å². The molecule has 1 aromatic heterocycles. The molecule has 1 fully saturated rings. The van der Waals surface area contributed by atoms with Gasteiger partial charge in [0.2, 0.25) is 0 Å². The molecule has 7 heteroatoms. The first-order chi connectivity index (χ1) is 11.7. The number of aromatic nitrogens is 1. The molecule has 0 radical (unpaired) electrons. The van der Waals surface area contributed by atoms with Gasteiger partial charge in [-0.05, 0) is 25.0 Å². The first kappa shape index (κ1) is 15.8. The molecule has 0 amide bonds. The van der Waals surface area contributed by atoms with Crippen LogP contribution in [0.1, 0.15) is 24.1 Å². The predicted molar refractivity (Wildman–Crippen MR) is 93.2 cm³/mol. The van der Waals surface area contributed by atoms with Crippen molar-refractivity contribution in [3.63, 3.8) is 0 Å². The molecule has 2 aromatic rings. The molecule has 0 bridgehead atoms. The second-order valence-electron chi connectivity index (χ2n) is 5.56. The molecule has 3 rings (SSSR count). The SMILES string of the molecule is Nc1ccc(N2CCCC2)nc1C(=N/O)/C(=N/O)c1ccccc1. The number of pyridine rings is 1. The Morgan fingerprint density at radius 3 is 2.25 bits per heavy atom. The standard InChI is InChI=1S/C17H19N5O2/c18-13-8-9-14(22-10-4-5-11-22)19-16(13)17(21-24)15(20-23)12-6-2-1-3-7-12/h1-3,6-9,23-24H,4-5,10-11,18H2/b20-15+,21-17+. The first-order valence-corrected chi connectivity index (χ1v) is 7.76. The summed E-state index contributed by atoms with van der Waals surface area (Å²) in [6, 6.07) is 12.5. The molecular formula is C17H19N5O2. The van der Waals surface area contributed by atoms with E-state index >= 15 is 0 Å². The third-order valence-corrected chi connectivity index (χ3v) is 4.04. The second-order valence-corrected chi connectivity index (χ2v) is 5.56. The van der Waals surface area contributed by atoms with E-state index in [2.05, 4.69) is 20.2 Å². The van der Waals surface area contributed by atoms with Crippen molar-refractivity contribution in [2.75, 3.05) is 23.7 Å². The Morgan fingerprint density at radius 2 is 1.62 bits per heavy atom. The second kappa shape index (κ2) is 6.99. The van der Waals surface area contributed by atoms with Gasteiger partial charge in [-0.25, -0.2) is 4.98 Å². The highest BCUT2D eigenvalue weighted by molar-refractivity contribution is 6.53. The van der Waals surface area contributed by atoms with Gasteiger partial charge in [-0.3, -0.25) is 0 Å². The Balaban J connectivity index is 2.03. The molecule has 24 heavy (non-hydrogen) atoms. The van der Waals surface area contributed by atoms with Crippen molar-refractivity contribution < 1.29 is 10.4 Å². The minimum Gasteiger partial charge on any atom is -0.410 e. The number of nitrogen functional groups attached to an aromatic ring is 1. The van der Waals surface area contributed by atoms with Crippen LogP contribution in [-0.2, 0) is 0 Å². The van der Waals surface area contributed by atoms with Gasteiger partial charge in [-0.15, -0.1) is 0 Å². The number of nitrogens with two attached hydrogens (primary N) is 1. The summed E-state index contributed by atoms with van der Waals surface area (Å²) in [7, 11) is 0. The number of nitrogens with zero attached hydrogens (tertiary/aromatic N) is 4. The monoisotopic (exact) mass is 325 g/mol. The molecule has 1 aliphatic rings. The Morgan fingerprint density at radius 1 is 0.958 bits per heavy atom. The Bertz CT molecular complexity index is 768. The van der Waals surface area contributed by atoms with E-state index in [9.17, 15) is 10.4 Å². The highest BCUT2D eigenvalue weighted by Gasteiger charge is 2.22. The Hall–Kier alpha value is -3.09. The highest BCUT2D eigenvalue weighted by atomic mass is 16.4. The minimum absolute atomic E-state index is 0.0299. The number of benzene rings is 1. The fraction of sp³-hybridized carbons (Fsp3) is 0.235. The van der Waals surface area contributed by atoms with Gasteiger partial charge in [0.15, 0.2) is 5.71 Å². The number of hydrogen-bond acceptors (Lipinski definition) is 7. The van der Waals surface area contributed by atoms with Crippen molar-refractivity contribution >= 4 is 22.9 Å². The molecule has 2 heterocycles. The minimum atomic E-state index is 0.0299. The molecule has 1 aliphatic heterocycles. The van der Waals surface area contributed by atoms with E-state index in [1.807, 2.05) is 12.1 Å². The van der Waals surface area contributed by atoms with Gasteiger partial charge < -0.3 is 21.0 Å². The summed E-state index contributed by atoms with van der Waals surface area (Å²) in [4.78, 5) is 6.69.